The van der Waals surface area contributed by atoms with E-state index in [9.17, 15) is 12.8 Å². The Hall–Kier alpha value is -2.33. The lowest BCUT2D eigenvalue weighted by Gasteiger charge is -2.22. The van der Waals surface area contributed by atoms with Crippen LogP contribution in [0.2, 0.25) is 0 Å². The molecule has 0 aliphatic heterocycles. The van der Waals surface area contributed by atoms with E-state index in [-0.39, 0.29) is 5.25 Å². The monoisotopic (exact) mass is 502 g/mol. The molecule has 1 aromatic carbocycles. The fraction of sp³-hybridized carbons (Fsp3) is 0.500. The van der Waals surface area contributed by atoms with E-state index < -0.39 is 16.0 Å². The molecule has 2 N–H and O–H groups in total. The number of rotatable bonds is 11. The molecule has 35 heavy (non-hydrogen) atoms. The quantitative estimate of drug-likeness (QED) is 0.242. The highest BCUT2D eigenvalue weighted by Gasteiger charge is 2.30. The smallest absolute Gasteiger partial charge is 0.241 e. The molecule has 190 valence electrons. The molecule has 1 saturated carbocycles. The predicted octanol–water partition coefficient (Wildman–Crippen LogP) is 4.05. The molecule has 0 saturated heterocycles. The Morgan fingerprint density at radius 3 is 2.51 bits per heavy atom. The van der Waals surface area contributed by atoms with Gasteiger partial charge in [-0.1, -0.05) is 49.9 Å². The van der Waals surface area contributed by atoms with Gasteiger partial charge < -0.3 is 10.5 Å². The van der Waals surface area contributed by atoms with Crippen LogP contribution in [0.4, 0.5) is 4.39 Å². The van der Waals surface area contributed by atoms with Gasteiger partial charge in [0.15, 0.2) is 0 Å². The number of fused-ring (bicyclic) bond motifs is 1. The van der Waals surface area contributed by atoms with Crippen molar-refractivity contribution in [2.45, 2.75) is 56.9 Å². The van der Waals surface area contributed by atoms with Crippen LogP contribution < -0.4 is 5.73 Å². The maximum absolute atomic E-state index is 14.3. The number of nitrogens with two attached hydrogens (primary N) is 1. The molecule has 0 unspecified atom stereocenters. The van der Waals surface area contributed by atoms with E-state index in [1.54, 1.807) is 18.3 Å². The van der Waals surface area contributed by atoms with E-state index in [0.717, 1.165) is 36.6 Å². The van der Waals surface area contributed by atoms with Gasteiger partial charge in [0, 0.05) is 49.5 Å². The highest BCUT2D eigenvalue weighted by molar-refractivity contribution is 7.90. The minimum atomic E-state index is -3.53. The van der Waals surface area contributed by atoms with Crippen molar-refractivity contribution < 1.29 is 17.5 Å². The maximum Gasteiger partial charge on any atom is 0.241 e. The lowest BCUT2D eigenvalue weighted by Crippen LogP contribution is -2.28. The summed E-state index contributed by atoms with van der Waals surface area (Å²) in [6.07, 6.45) is 8.68. The SMILES string of the molecule is NCCOCCN(Cc1cccnc1F)Cc1cn(S(=O)(=O)C2CCCCCC2)c2ccccc12. The largest absolute Gasteiger partial charge is 0.379 e. The first-order chi connectivity index (χ1) is 17.0. The first-order valence-electron chi connectivity index (χ1n) is 12.4. The number of ether oxygens (including phenoxy) is 1. The van der Waals surface area contributed by atoms with Gasteiger partial charge in [-0.15, -0.1) is 0 Å². The lowest BCUT2D eigenvalue weighted by molar-refractivity contribution is 0.103. The molecule has 2 aromatic heterocycles. The normalized spacial score (nSPS) is 15.6. The fourth-order valence-electron chi connectivity index (χ4n) is 4.87. The molecule has 1 aliphatic rings. The van der Waals surface area contributed by atoms with Gasteiger partial charge in [-0.3, -0.25) is 4.90 Å². The van der Waals surface area contributed by atoms with Gasteiger partial charge in [0.05, 0.1) is 24.0 Å². The molecule has 0 bridgehead atoms. The number of hydrogen-bond donors (Lipinski definition) is 1. The summed E-state index contributed by atoms with van der Waals surface area (Å²) in [6, 6.07) is 11.0. The summed E-state index contributed by atoms with van der Waals surface area (Å²) in [5, 5.41) is 0.531. The van der Waals surface area contributed by atoms with Crippen molar-refractivity contribution in [3.8, 4) is 0 Å². The van der Waals surface area contributed by atoms with Crippen LogP contribution in [0.1, 0.15) is 49.7 Å². The number of nitrogens with zero attached hydrogens (tertiary/aromatic N) is 3. The van der Waals surface area contributed by atoms with Crippen LogP contribution in [0.25, 0.3) is 10.9 Å². The topological polar surface area (TPSA) is 90.4 Å². The predicted molar refractivity (Wildman–Crippen MR) is 136 cm³/mol. The Labute approximate surface area is 207 Å². The summed E-state index contributed by atoms with van der Waals surface area (Å²) in [4.78, 5) is 5.83. The highest BCUT2D eigenvalue weighted by Crippen LogP contribution is 2.30. The second-order valence-corrected chi connectivity index (χ2v) is 11.3. The molecule has 0 spiro atoms. The van der Waals surface area contributed by atoms with Gasteiger partial charge in [-0.05, 0) is 30.5 Å². The molecule has 1 fully saturated rings. The van der Waals surface area contributed by atoms with E-state index in [4.69, 9.17) is 10.5 Å². The third-order valence-electron chi connectivity index (χ3n) is 6.70. The fourth-order valence-corrected chi connectivity index (χ4v) is 6.82. The molecular weight excluding hydrogens is 467 g/mol. The molecule has 2 heterocycles. The maximum atomic E-state index is 14.3. The first kappa shape index (κ1) is 25.8. The lowest BCUT2D eigenvalue weighted by atomic mass is 10.1. The Balaban J connectivity index is 1.64. The van der Waals surface area contributed by atoms with Crippen molar-refractivity contribution >= 4 is 20.9 Å². The third kappa shape index (κ3) is 6.27. The second kappa shape index (κ2) is 12.1. The van der Waals surface area contributed by atoms with Gasteiger partial charge in [0.2, 0.25) is 16.0 Å². The molecule has 9 heteroatoms. The van der Waals surface area contributed by atoms with Gasteiger partial charge in [-0.25, -0.2) is 17.4 Å². The van der Waals surface area contributed by atoms with Gasteiger partial charge in [0.1, 0.15) is 0 Å². The standard InChI is InChI=1S/C26H35FN4O3S/c27-26-21(8-7-14-29-26)18-30(15-17-34-16-13-28)19-22-20-31(25-12-6-5-11-24(22)25)35(32,33)23-9-3-1-2-4-10-23/h5-8,11-12,14,20,23H,1-4,9-10,13,15-19,28H2. The summed E-state index contributed by atoms with van der Waals surface area (Å²) in [6.45, 7) is 2.66. The first-order valence-corrected chi connectivity index (χ1v) is 13.9. The molecule has 1 aliphatic carbocycles. The molecule has 3 aromatic rings. The molecular formula is C26H35FN4O3S. The zero-order chi connectivity index (χ0) is 24.7. The van der Waals surface area contributed by atoms with Crippen molar-refractivity contribution in [1.29, 1.82) is 0 Å². The van der Waals surface area contributed by atoms with Crippen LogP contribution in [0.3, 0.4) is 0 Å². The molecule has 0 amide bonds. The summed E-state index contributed by atoms with van der Waals surface area (Å²) in [5.41, 5.74) is 7.60. The van der Waals surface area contributed by atoms with Crippen LogP contribution in [0, 0.1) is 5.95 Å². The zero-order valence-corrected chi connectivity index (χ0v) is 20.9. The minimum absolute atomic E-state index is 0.334. The Morgan fingerprint density at radius 2 is 1.77 bits per heavy atom. The number of pyridine rings is 1. The van der Waals surface area contributed by atoms with Crippen molar-refractivity contribution in [1.82, 2.24) is 13.9 Å². The third-order valence-corrected chi connectivity index (χ3v) is 8.86. The molecule has 0 atom stereocenters. The van der Waals surface area contributed by atoms with Crippen molar-refractivity contribution in [2.75, 3.05) is 26.3 Å². The van der Waals surface area contributed by atoms with Crippen molar-refractivity contribution in [2.24, 2.45) is 5.73 Å². The van der Waals surface area contributed by atoms with Gasteiger partial charge >= 0.3 is 0 Å². The summed E-state index contributed by atoms with van der Waals surface area (Å²) in [5.74, 6) is -0.501. The number of hydrogen-bond acceptors (Lipinski definition) is 6. The average Bonchev–Trinajstić information content (AvgIpc) is 3.02. The molecule has 0 radical (unpaired) electrons. The van der Waals surface area contributed by atoms with Crippen LogP contribution in [0.5, 0.6) is 0 Å². The highest BCUT2D eigenvalue weighted by atomic mass is 32.2. The zero-order valence-electron chi connectivity index (χ0n) is 20.1. The summed E-state index contributed by atoms with van der Waals surface area (Å²) in [7, 11) is -3.53. The molecule has 7 nitrogen and oxygen atoms in total. The van der Waals surface area contributed by atoms with Crippen molar-refractivity contribution in [3.63, 3.8) is 0 Å². The van der Waals surface area contributed by atoms with Crippen LogP contribution in [0.15, 0.2) is 48.8 Å². The molecule has 4 rings (SSSR count). The average molecular weight is 503 g/mol. The van der Waals surface area contributed by atoms with E-state index in [1.807, 2.05) is 24.3 Å². The Bertz CT molecular complexity index is 1210. The summed E-state index contributed by atoms with van der Waals surface area (Å²) >= 11 is 0. The number of halogens is 1. The van der Waals surface area contributed by atoms with Crippen LogP contribution in [-0.2, 0) is 27.8 Å². The van der Waals surface area contributed by atoms with E-state index in [0.29, 0.717) is 63.3 Å². The van der Waals surface area contributed by atoms with E-state index in [2.05, 4.69) is 9.88 Å². The van der Waals surface area contributed by atoms with Crippen LogP contribution >= 0.6 is 0 Å². The number of para-hydroxylation sites is 1. The van der Waals surface area contributed by atoms with E-state index in [1.165, 1.54) is 10.2 Å². The van der Waals surface area contributed by atoms with Crippen LogP contribution in [-0.4, -0.2) is 53.8 Å². The van der Waals surface area contributed by atoms with E-state index >= 15 is 0 Å². The number of benzene rings is 1. The van der Waals surface area contributed by atoms with Crippen molar-refractivity contribution in [3.05, 3.63) is 65.9 Å². The minimum Gasteiger partial charge on any atom is -0.379 e. The van der Waals surface area contributed by atoms with Gasteiger partial charge in [-0.2, -0.15) is 4.39 Å². The summed E-state index contributed by atoms with van der Waals surface area (Å²) < 4.78 is 48.8. The Kier molecular flexibility index (Phi) is 8.89. The second-order valence-electron chi connectivity index (χ2n) is 9.19. The van der Waals surface area contributed by atoms with Gasteiger partial charge in [0.25, 0.3) is 0 Å². The Morgan fingerprint density at radius 1 is 1.03 bits per heavy atom. The number of aromatic nitrogens is 2.